The third kappa shape index (κ3) is 3.08. The van der Waals surface area contributed by atoms with Crippen molar-refractivity contribution in [3.8, 4) is 0 Å². The molecule has 0 N–H and O–H groups in total. The summed E-state index contributed by atoms with van der Waals surface area (Å²) in [5.74, 6) is -0.219. The van der Waals surface area contributed by atoms with Gasteiger partial charge in [0.15, 0.2) is 0 Å². The van der Waals surface area contributed by atoms with E-state index in [2.05, 4.69) is 21.1 Å². The first-order chi connectivity index (χ1) is 9.30. The first kappa shape index (κ1) is 15.1. The lowest BCUT2D eigenvalue weighted by Crippen LogP contribution is -2.27. The van der Waals surface area contributed by atoms with Gasteiger partial charge in [0.25, 0.3) is 0 Å². The molecule has 20 heavy (non-hydrogen) atoms. The van der Waals surface area contributed by atoms with E-state index in [-0.39, 0.29) is 11.4 Å². The number of hydrogen-bond donors (Lipinski definition) is 0. The fourth-order valence-corrected chi connectivity index (χ4v) is 3.17. The normalized spacial score (nSPS) is 12.1. The smallest absolute Gasteiger partial charge is 0.246 e. The second kappa shape index (κ2) is 5.63. The lowest BCUT2D eigenvalue weighted by Gasteiger charge is -2.16. The summed E-state index contributed by atoms with van der Waals surface area (Å²) >= 11 is 3.09. The number of hydrogen-bond acceptors (Lipinski definition) is 4. The van der Waals surface area contributed by atoms with E-state index >= 15 is 0 Å². The quantitative estimate of drug-likeness (QED) is 0.838. The van der Waals surface area contributed by atoms with Gasteiger partial charge in [0.1, 0.15) is 16.5 Å². The Kier molecular flexibility index (Phi) is 4.26. The molecule has 1 aromatic heterocycles. The van der Waals surface area contributed by atoms with E-state index in [0.717, 1.165) is 10.4 Å². The number of benzene rings is 1. The fourth-order valence-electron chi connectivity index (χ4n) is 1.66. The number of aromatic nitrogens is 1. The van der Waals surface area contributed by atoms with Crippen LogP contribution in [0.3, 0.4) is 0 Å². The van der Waals surface area contributed by atoms with Crippen molar-refractivity contribution in [1.82, 2.24) is 9.46 Å². The van der Waals surface area contributed by atoms with Crippen LogP contribution in [0.5, 0.6) is 0 Å². The summed E-state index contributed by atoms with van der Waals surface area (Å²) in [7, 11) is -2.56. The van der Waals surface area contributed by atoms with Gasteiger partial charge in [-0.25, -0.2) is 12.8 Å². The maximum Gasteiger partial charge on any atom is 0.246 e. The standard InChI is InChI=1S/C12H12BrFN2O3S/c1-8-5-10(15-19-8)7-16(2)20(17,18)12-4-3-9(13)6-11(12)14/h3-6H,7H2,1-2H3. The summed E-state index contributed by atoms with van der Waals surface area (Å²) < 4.78 is 44.7. The van der Waals surface area contributed by atoms with Crippen LogP contribution in [0.15, 0.2) is 38.2 Å². The van der Waals surface area contributed by atoms with E-state index in [9.17, 15) is 12.8 Å². The van der Waals surface area contributed by atoms with Crippen LogP contribution in [0.4, 0.5) is 4.39 Å². The molecule has 0 saturated heterocycles. The summed E-state index contributed by atoms with van der Waals surface area (Å²) in [4.78, 5) is -0.372. The number of nitrogens with zero attached hydrogens (tertiary/aromatic N) is 2. The molecule has 0 spiro atoms. The predicted molar refractivity (Wildman–Crippen MR) is 74.0 cm³/mol. The van der Waals surface area contributed by atoms with Crippen LogP contribution in [-0.4, -0.2) is 24.9 Å². The number of rotatable bonds is 4. The molecule has 0 unspecified atom stereocenters. The Hall–Kier alpha value is -1.25. The predicted octanol–water partition coefficient (Wildman–Crippen LogP) is 2.71. The van der Waals surface area contributed by atoms with Crippen molar-refractivity contribution in [2.75, 3.05) is 7.05 Å². The Morgan fingerprint density at radius 1 is 1.40 bits per heavy atom. The summed E-state index contributed by atoms with van der Waals surface area (Å²) in [6, 6.07) is 5.44. The van der Waals surface area contributed by atoms with Crippen LogP contribution in [-0.2, 0) is 16.6 Å². The van der Waals surface area contributed by atoms with Crippen LogP contribution < -0.4 is 0 Å². The van der Waals surface area contributed by atoms with Crippen molar-refractivity contribution in [2.24, 2.45) is 0 Å². The Morgan fingerprint density at radius 3 is 2.65 bits per heavy atom. The van der Waals surface area contributed by atoms with E-state index < -0.39 is 15.8 Å². The highest BCUT2D eigenvalue weighted by Gasteiger charge is 2.25. The van der Waals surface area contributed by atoms with Crippen molar-refractivity contribution in [2.45, 2.75) is 18.4 Å². The van der Waals surface area contributed by atoms with Crippen molar-refractivity contribution in [3.63, 3.8) is 0 Å². The van der Waals surface area contributed by atoms with E-state index in [4.69, 9.17) is 4.52 Å². The first-order valence-electron chi connectivity index (χ1n) is 5.64. The molecule has 0 saturated carbocycles. The minimum absolute atomic E-state index is 0.00910. The maximum absolute atomic E-state index is 13.8. The van der Waals surface area contributed by atoms with Crippen molar-refractivity contribution < 1.29 is 17.3 Å². The average molecular weight is 363 g/mol. The zero-order valence-electron chi connectivity index (χ0n) is 10.8. The van der Waals surface area contributed by atoms with Gasteiger partial charge in [0, 0.05) is 17.6 Å². The largest absolute Gasteiger partial charge is 0.361 e. The van der Waals surface area contributed by atoms with Crippen LogP contribution in [0.2, 0.25) is 0 Å². The van der Waals surface area contributed by atoms with Gasteiger partial charge in [0.2, 0.25) is 10.0 Å². The summed E-state index contributed by atoms with van der Waals surface area (Å²) in [6.07, 6.45) is 0. The Morgan fingerprint density at radius 2 is 2.10 bits per heavy atom. The van der Waals surface area contributed by atoms with E-state index in [1.807, 2.05) is 0 Å². The van der Waals surface area contributed by atoms with Gasteiger partial charge < -0.3 is 4.52 Å². The van der Waals surface area contributed by atoms with Crippen molar-refractivity contribution >= 4 is 26.0 Å². The van der Waals surface area contributed by atoms with Gasteiger partial charge in [-0.2, -0.15) is 4.31 Å². The zero-order chi connectivity index (χ0) is 14.9. The second-order valence-corrected chi connectivity index (χ2v) is 7.19. The van der Waals surface area contributed by atoms with Gasteiger partial charge in [-0.3, -0.25) is 0 Å². The van der Waals surface area contributed by atoms with Gasteiger partial charge in [-0.1, -0.05) is 21.1 Å². The number of aryl methyl sites for hydroxylation is 1. The molecule has 0 fully saturated rings. The highest BCUT2D eigenvalue weighted by molar-refractivity contribution is 9.10. The second-order valence-electron chi connectivity index (χ2n) is 4.26. The minimum atomic E-state index is -3.92. The zero-order valence-corrected chi connectivity index (χ0v) is 13.2. The van der Waals surface area contributed by atoms with E-state index in [1.54, 1.807) is 13.0 Å². The monoisotopic (exact) mass is 362 g/mol. The summed E-state index contributed by atoms with van der Waals surface area (Å²) in [5, 5.41) is 3.72. The fraction of sp³-hybridized carbons (Fsp3) is 0.250. The molecule has 0 atom stereocenters. The van der Waals surface area contributed by atoms with Crippen LogP contribution in [0.25, 0.3) is 0 Å². The molecule has 0 aliphatic carbocycles. The lowest BCUT2D eigenvalue weighted by atomic mass is 10.3. The summed E-state index contributed by atoms with van der Waals surface area (Å²) in [5.41, 5.74) is 0.464. The Balaban J connectivity index is 2.29. The Labute approximate surface area is 124 Å². The highest BCUT2D eigenvalue weighted by atomic mass is 79.9. The van der Waals surface area contributed by atoms with Gasteiger partial charge in [-0.05, 0) is 25.1 Å². The molecule has 0 bridgehead atoms. The van der Waals surface area contributed by atoms with Gasteiger partial charge >= 0.3 is 0 Å². The average Bonchev–Trinajstić information content (AvgIpc) is 2.74. The van der Waals surface area contributed by atoms with Crippen molar-refractivity contribution in [3.05, 3.63) is 46.0 Å². The third-order valence-corrected chi connectivity index (χ3v) is 4.97. The molecule has 0 aliphatic rings. The SMILES string of the molecule is Cc1cc(CN(C)S(=O)(=O)c2ccc(Br)cc2F)no1. The first-order valence-corrected chi connectivity index (χ1v) is 7.87. The third-order valence-electron chi connectivity index (χ3n) is 2.64. The molecule has 1 heterocycles. The molecule has 5 nitrogen and oxygen atoms in total. The molecule has 0 aliphatic heterocycles. The molecule has 2 rings (SSSR count). The molecule has 108 valence electrons. The number of halogens is 2. The van der Waals surface area contributed by atoms with Crippen LogP contribution >= 0.6 is 15.9 Å². The van der Waals surface area contributed by atoms with Gasteiger partial charge in [0.05, 0.1) is 12.2 Å². The highest BCUT2D eigenvalue weighted by Crippen LogP contribution is 2.23. The van der Waals surface area contributed by atoms with E-state index in [1.165, 1.54) is 19.2 Å². The molecule has 8 heteroatoms. The number of sulfonamides is 1. The molecule has 0 radical (unpaired) electrons. The van der Waals surface area contributed by atoms with E-state index in [0.29, 0.717) is 15.9 Å². The Bertz CT molecular complexity index is 730. The molecule has 2 aromatic rings. The molecule has 0 amide bonds. The molecular weight excluding hydrogens is 351 g/mol. The van der Waals surface area contributed by atoms with Gasteiger partial charge in [-0.15, -0.1) is 0 Å². The maximum atomic E-state index is 13.8. The summed E-state index contributed by atoms with van der Waals surface area (Å²) in [6.45, 7) is 1.72. The molecular formula is C12H12BrFN2O3S. The van der Waals surface area contributed by atoms with Crippen LogP contribution in [0, 0.1) is 12.7 Å². The topological polar surface area (TPSA) is 63.4 Å². The van der Waals surface area contributed by atoms with Crippen molar-refractivity contribution in [1.29, 1.82) is 0 Å². The minimum Gasteiger partial charge on any atom is -0.361 e. The lowest BCUT2D eigenvalue weighted by molar-refractivity contribution is 0.377. The van der Waals surface area contributed by atoms with Crippen LogP contribution in [0.1, 0.15) is 11.5 Å². The molecule has 1 aromatic carbocycles.